The van der Waals surface area contributed by atoms with E-state index in [9.17, 15) is 9.18 Å². The van der Waals surface area contributed by atoms with E-state index in [1.807, 2.05) is 0 Å². The Hall–Kier alpha value is -2.61. The van der Waals surface area contributed by atoms with Gasteiger partial charge < -0.3 is 24.2 Å². The minimum Gasteiger partial charge on any atom is -0.494 e. The number of ether oxygens (including phenoxy) is 2. The first kappa shape index (κ1) is 20.1. The molecule has 1 amide bonds. The molecule has 0 saturated carbocycles. The molecule has 1 unspecified atom stereocenters. The molecule has 1 aliphatic heterocycles. The molecule has 0 bridgehead atoms. The van der Waals surface area contributed by atoms with Gasteiger partial charge >= 0.3 is 0 Å². The van der Waals surface area contributed by atoms with Gasteiger partial charge in [-0.2, -0.15) is 0 Å². The summed E-state index contributed by atoms with van der Waals surface area (Å²) in [6.07, 6.45) is 3.03. The van der Waals surface area contributed by atoms with Crippen LogP contribution in [0.2, 0.25) is 0 Å². The lowest BCUT2D eigenvalue weighted by molar-refractivity contribution is 0.0514. The van der Waals surface area contributed by atoms with E-state index in [-0.39, 0.29) is 17.4 Å². The maximum absolute atomic E-state index is 13.8. The summed E-state index contributed by atoms with van der Waals surface area (Å²) in [4.78, 5) is 14.6. The lowest BCUT2D eigenvalue weighted by atomic mass is 9.98. The number of carbonyl (C=O) groups is 1. The Kier molecular flexibility index (Phi) is 6.51. The van der Waals surface area contributed by atoms with Crippen LogP contribution in [-0.4, -0.2) is 52.0 Å². The number of benzene rings is 1. The Labute approximate surface area is 163 Å². The van der Waals surface area contributed by atoms with Gasteiger partial charge in [0, 0.05) is 39.4 Å². The number of rotatable bonds is 7. The van der Waals surface area contributed by atoms with Crippen LogP contribution in [0.1, 0.15) is 29.6 Å². The summed E-state index contributed by atoms with van der Waals surface area (Å²) >= 11 is 0. The molecule has 1 aromatic carbocycles. The van der Waals surface area contributed by atoms with Gasteiger partial charge in [-0.25, -0.2) is 4.39 Å². The third-order valence-electron chi connectivity index (χ3n) is 4.83. The van der Waals surface area contributed by atoms with Crippen LogP contribution in [0.25, 0.3) is 11.3 Å². The van der Waals surface area contributed by atoms with Gasteiger partial charge in [-0.05, 0) is 43.4 Å². The lowest BCUT2D eigenvalue weighted by Crippen LogP contribution is -2.29. The van der Waals surface area contributed by atoms with Crippen LogP contribution in [-0.2, 0) is 4.74 Å². The number of hydrogen-bond acceptors (Lipinski definition) is 6. The number of methoxy groups -OCH3 is 1. The first-order chi connectivity index (χ1) is 13.5. The van der Waals surface area contributed by atoms with Gasteiger partial charge in [0.2, 0.25) is 0 Å². The largest absolute Gasteiger partial charge is 0.494 e. The van der Waals surface area contributed by atoms with Crippen molar-refractivity contribution < 1.29 is 23.2 Å². The number of anilines is 1. The third kappa shape index (κ3) is 4.44. The normalized spacial score (nSPS) is 16.6. The van der Waals surface area contributed by atoms with Crippen molar-refractivity contribution in [3.63, 3.8) is 0 Å². The quantitative estimate of drug-likeness (QED) is 0.782. The Morgan fingerprint density at radius 2 is 2.25 bits per heavy atom. The second kappa shape index (κ2) is 9.05. The summed E-state index contributed by atoms with van der Waals surface area (Å²) in [7, 11) is 4.95. The fourth-order valence-corrected chi connectivity index (χ4v) is 3.30. The van der Waals surface area contributed by atoms with E-state index < -0.39 is 5.82 Å². The maximum Gasteiger partial charge on any atom is 0.259 e. The molecule has 1 atom stereocenters. The molecule has 1 aromatic heterocycles. The van der Waals surface area contributed by atoms with Crippen molar-refractivity contribution in [3.05, 3.63) is 29.6 Å². The van der Waals surface area contributed by atoms with E-state index in [0.29, 0.717) is 29.4 Å². The summed E-state index contributed by atoms with van der Waals surface area (Å²) in [5.41, 5.74) is 0.836. The number of aromatic nitrogens is 1. The number of hydrogen-bond donors (Lipinski definition) is 1. The monoisotopic (exact) mass is 391 g/mol. The molecule has 1 fully saturated rings. The summed E-state index contributed by atoms with van der Waals surface area (Å²) in [6.45, 7) is 2.10. The summed E-state index contributed by atoms with van der Waals surface area (Å²) < 4.78 is 29.7. The Balaban J connectivity index is 1.80. The van der Waals surface area contributed by atoms with Gasteiger partial charge in [-0.1, -0.05) is 5.16 Å². The fraction of sp³-hybridized carbons (Fsp3) is 0.500. The predicted molar refractivity (Wildman–Crippen MR) is 103 cm³/mol. The van der Waals surface area contributed by atoms with Crippen molar-refractivity contribution in [1.82, 2.24) is 10.5 Å². The maximum atomic E-state index is 13.8. The molecule has 1 aliphatic rings. The predicted octanol–water partition coefficient (Wildman–Crippen LogP) is 3.10. The molecule has 3 rings (SSSR count). The molecule has 0 spiro atoms. The molecule has 8 heteroatoms. The average molecular weight is 391 g/mol. The van der Waals surface area contributed by atoms with Crippen molar-refractivity contribution in [1.29, 1.82) is 0 Å². The van der Waals surface area contributed by atoms with E-state index in [2.05, 4.69) is 10.5 Å². The SMILES string of the molecule is COc1cc(-c2onc(N(C)C)c2C(=O)NCCC2CCCOC2)ccc1F. The van der Waals surface area contributed by atoms with Crippen LogP contribution in [0.5, 0.6) is 5.75 Å². The van der Waals surface area contributed by atoms with E-state index in [4.69, 9.17) is 14.0 Å². The second-order valence-electron chi connectivity index (χ2n) is 7.08. The van der Waals surface area contributed by atoms with Gasteiger partial charge in [-0.15, -0.1) is 0 Å². The van der Waals surface area contributed by atoms with Crippen molar-refractivity contribution in [2.75, 3.05) is 45.9 Å². The minimum absolute atomic E-state index is 0.0731. The zero-order valence-corrected chi connectivity index (χ0v) is 16.5. The topological polar surface area (TPSA) is 76.8 Å². The molecular weight excluding hydrogens is 365 g/mol. The third-order valence-corrected chi connectivity index (χ3v) is 4.83. The van der Waals surface area contributed by atoms with Gasteiger partial charge in [0.1, 0.15) is 5.56 Å². The Morgan fingerprint density at radius 1 is 1.43 bits per heavy atom. The number of carbonyl (C=O) groups excluding carboxylic acids is 1. The van der Waals surface area contributed by atoms with Crippen LogP contribution in [0, 0.1) is 11.7 Å². The highest BCUT2D eigenvalue weighted by atomic mass is 19.1. The highest BCUT2D eigenvalue weighted by molar-refractivity contribution is 6.04. The van der Waals surface area contributed by atoms with Crippen molar-refractivity contribution in [3.8, 4) is 17.1 Å². The first-order valence-electron chi connectivity index (χ1n) is 9.38. The molecule has 0 radical (unpaired) electrons. The zero-order chi connectivity index (χ0) is 20.1. The molecule has 1 saturated heterocycles. The summed E-state index contributed by atoms with van der Waals surface area (Å²) in [6, 6.07) is 4.30. The van der Waals surface area contributed by atoms with Crippen LogP contribution >= 0.6 is 0 Å². The highest BCUT2D eigenvalue weighted by Crippen LogP contribution is 2.33. The highest BCUT2D eigenvalue weighted by Gasteiger charge is 2.26. The molecule has 152 valence electrons. The first-order valence-corrected chi connectivity index (χ1v) is 9.38. The van der Waals surface area contributed by atoms with E-state index >= 15 is 0 Å². The van der Waals surface area contributed by atoms with E-state index in [0.717, 1.165) is 32.5 Å². The van der Waals surface area contributed by atoms with Gasteiger partial charge in [0.05, 0.1) is 7.11 Å². The number of halogens is 1. The number of amides is 1. The van der Waals surface area contributed by atoms with Crippen LogP contribution in [0.3, 0.4) is 0 Å². The standard InChI is InChI=1S/C20H26FN3O4/c1-24(2)19-17(20(25)22-9-8-13-5-4-10-27-12-13)18(28-23-19)14-6-7-15(21)16(11-14)26-3/h6-7,11,13H,4-5,8-10,12H2,1-3H3,(H,22,25). The number of nitrogens with one attached hydrogen (secondary N) is 1. The molecule has 2 heterocycles. The number of nitrogens with zero attached hydrogens (tertiary/aromatic N) is 2. The molecule has 2 aromatic rings. The van der Waals surface area contributed by atoms with Crippen molar-refractivity contribution in [2.24, 2.45) is 5.92 Å². The van der Waals surface area contributed by atoms with Crippen LogP contribution in [0.4, 0.5) is 10.2 Å². The zero-order valence-electron chi connectivity index (χ0n) is 16.5. The van der Waals surface area contributed by atoms with Gasteiger partial charge in [0.15, 0.2) is 23.1 Å². The Bertz CT molecular complexity index is 816. The van der Waals surface area contributed by atoms with Gasteiger partial charge in [-0.3, -0.25) is 4.79 Å². The van der Waals surface area contributed by atoms with E-state index in [1.165, 1.54) is 25.3 Å². The van der Waals surface area contributed by atoms with Crippen LogP contribution in [0.15, 0.2) is 22.7 Å². The Morgan fingerprint density at radius 3 is 2.93 bits per heavy atom. The average Bonchev–Trinajstić information content (AvgIpc) is 3.14. The summed E-state index contributed by atoms with van der Waals surface area (Å²) in [5.74, 6) is 0.464. The molecule has 7 nitrogen and oxygen atoms in total. The fourth-order valence-electron chi connectivity index (χ4n) is 3.30. The minimum atomic E-state index is -0.487. The van der Waals surface area contributed by atoms with Crippen LogP contribution < -0.4 is 15.0 Å². The smallest absolute Gasteiger partial charge is 0.259 e. The molecule has 28 heavy (non-hydrogen) atoms. The van der Waals surface area contributed by atoms with Crippen molar-refractivity contribution in [2.45, 2.75) is 19.3 Å². The second-order valence-corrected chi connectivity index (χ2v) is 7.08. The van der Waals surface area contributed by atoms with Crippen molar-refractivity contribution >= 4 is 11.7 Å². The lowest BCUT2D eigenvalue weighted by Gasteiger charge is -2.22. The molecule has 1 N–H and O–H groups in total. The van der Waals surface area contributed by atoms with Gasteiger partial charge in [0.25, 0.3) is 5.91 Å². The van der Waals surface area contributed by atoms with E-state index in [1.54, 1.807) is 19.0 Å². The summed E-state index contributed by atoms with van der Waals surface area (Å²) in [5, 5.41) is 6.98. The molecule has 0 aliphatic carbocycles. The molecular formula is C20H26FN3O4.